The lowest BCUT2D eigenvalue weighted by Crippen LogP contribution is -2.41. The molecule has 0 aromatic heterocycles. The Morgan fingerprint density at radius 2 is 1.89 bits per heavy atom. The molecule has 2 nitrogen and oxygen atoms in total. The molecule has 0 spiro atoms. The van der Waals surface area contributed by atoms with Crippen LogP contribution in [-0.4, -0.2) is 19.2 Å². The van der Waals surface area contributed by atoms with E-state index >= 15 is 0 Å². The van der Waals surface area contributed by atoms with Gasteiger partial charge < -0.3 is 10.1 Å². The first kappa shape index (κ1) is 14.3. The van der Waals surface area contributed by atoms with Gasteiger partial charge >= 0.3 is 0 Å². The molecule has 1 fully saturated rings. The number of benzene rings is 1. The van der Waals surface area contributed by atoms with Crippen LogP contribution in [0.15, 0.2) is 18.2 Å². The maximum atomic E-state index is 13.3. The molecule has 3 heteroatoms. The first-order valence-corrected chi connectivity index (χ1v) is 7.31. The molecule has 2 atom stereocenters. The van der Waals surface area contributed by atoms with Gasteiger partial charge in [-0.3, -0.25) is 0 Å². The van der Waals surface area contributed by atoms with Crippen LogP contribution in [-0.2, 0) is 0 Å². The second-order valence-corrected chi connectivity index (χ2v) is 5.45. The fourth-order valence-electron chi connectivity index (χ4n) is 2.79. The Morgan fingerprint density at radius 3 is 2.58 bits per heavy atom. The highest BCUT2D eigenvalue weighted by molar-refractivity contribution is 5.29. The van der Waals surface area contributed by atoms with Crippen LogP contribution < -0.4 is 10.1 Å². The molecule has 2 rings (SSSR count). The van der Waals surface area contributed by atoms with Crippen LogP contribution in [0.2, 0.25) is 0 Å². The van der Waals surface area contributed by atoms with Gasteiger partial charge in [-0.2, -0.15) is 0 Å². The van der Waals surface area contributed by atoms with Crippen molar-refractivity contribution in [2.24, 2.45) is 0 Å². The molecule has 1 aliphatic rings. The molecule has 1 aromatic rings. The Hall–Kier alpha value is -1.09. The quantitative estimate of drug-likeness (QED) is 0.897. The lowest BCUT2D eigenvalue weighted by Gasteiger charge is -2.29. The van der Waals surface area contributed by atoms with E-state index in [1.165, 1.54) is 31.7 Å². The number of rotatable bonds is 3. The number of nitrogens with one attached hydrogen (secondary N) is 1. The van der Waals surface area contributed by atoms with Crippen LogP contribution in [0.25, 0.3) is 0 Å². The fourth-order valence-corrected chi connectivity index (χ4v) is 2.79. The van der Waals surface area contributed by atoms with Crippen LogP contribution in [0.4, 0.5) is 4.39 Å². The summed E-state index contributed by atoms with van der Waals surface area (Å²) in [7, 11) is 2.00. The van der Waals surface area contributed by atoms with Gasteiger partial charge in [-0.25, -0.2) is 4.39 Å². The van der Waals surface area contributed by atoms with E-state index in [-0.39, 0.29) is 11.9 Å². The Kier molecular flexibility index (Phi) is 5.20. The normalized spacial score (nSPS) is 24.6. The third-order valence-electron chi connectivity index (χ3n) is 3.99. The van der Waals surface area contributed by atoms with E-state index in [0.717, 1.165) is 18.6 Å². The second kappa shape index (κ2) is 6.90. The van der Waals surface area contributed by atoms with E-state index < -0.39 is 0 Å². The van der Waals surface area contributed by atoms with Crippen molar-refractivity contribution >= 4 is 0 Å². The highest BCUT2D eigenvalue weighted by Crippen LogP contribution is 2.24. The Labute approximate surface area is 115 Å². The molecule has 1 saturated carbocycles. The summed E-state index contributed by atoms with van der Waals surface area (Å²) in [6.07, 6.45) is 7.49. The van der Waals surface area contributed by atoms with Crippen molar-refractivity contribution in [3.63, 3.8) is 0 Å². The van der Waals surface area contributed by atoms with Gasteiger partial charge in [0.25, 0.3) is 0 Å². The van der Waals surface area contributed by atoms with E-state index in [4.69, 9.17) is 4.74 Å². The molecule has 19 heavy (non-hydrogen) atoms. The van der Waals surface area contributed by atoms with Crippen LogP contribution >= 0.6 is 0 Å². The first-order valence-electron chi connectivity index (χ1n) is 7.31. The molecule has 0 amide bonds. The summed E-state index contributed by atoms with van der Waals surface area (Å²) in [5, 5.41) is 3.37. The zero-order valence-corrected chi connectivity index (χ0v) is 11.9. The highest BCUT2D eigenvalue weighted by Gasteiger charge is 2.23. The number of aryl methyl sites for hydroxylation is 1. The molecule has 0 saturated heterocycles. The fraction of sp³-hybridized carbons (Fsp3) is 0.625. The first-order chi connectivity index (χ1) is 9.20. The summed E-state index contributed by atoms with van der Waals surface area (Å²) in [4.78, 5) is 0. The van der Waals surface area contributed by atoms with Gasteiger partial charge in [0, 0.05) is 6.04 Å². The molecule has 0 heterocycles. The molecule has 1 aromatic carbocycles. The molecule has 1 N–H and O–H groups in total. The van der Waals surface area contributed by atoms with Crippen molar-refractivity contribution in [2.45, 2.75) is 57.6 Å². The molecular formula is C16H24FNO. The minimum atomic E-state index is -0.171. The summed E-state index contributed by atoms with van der Waals surface area (Å²) in [6, 6.07) is 5.40. The van der Waals surface area contributed by atoms with Crippen molar-refractivity contribution in [3.05, 3.63) is 29.6 Å². The van der Waals surface area contributed by atoms with Crippen molar-refractivity contribution in [1.29, 1.82) is 0 Å². The molecule has 0 radical (unpaired) electrons. The largest absolute Gasteiger partial charge is 0.489 e. The van der Waals surface area contributed by atoms with E-state index in [2.05, 4.69) is 5.32 Å². The van der Waals surface area contributed by atoms with Gasteiger partial charge in [-0.15, -0.1) is 0 Å². The summed E-state index contributed by atoms with van der Waals surface area (Å²) < 4.78 is 19.4. The molecule has 106 valence electrons. The van der Waals surface area contributed by atoms with Crippen molar-refractivity contribution in [1.82, 2.24) is 5.32 Å². The maximum Gasteiger partial charge on any atom is 0.126 e. The summed E-state index contributed by atoms with van der Waals surface area (Å²) in [5.41, 5.74) is 0.643. The zero-order chi connectivity index (χ0) is 13.7. The standard InChI is InChI=1S/C16H24FNO/c1-12-11-13(9-10-14(12)17)19-16-8-6-4-3-5-7-15(16)18-2/h9-11,15-16,18H,3-8H2,1-2H3. The summed E-state index contributed by atoms with van der Waals surface area (Å²) in [5.74, 6) is 0.611. The summed E-state index contributed by atoms with van der Waals surface area (Å²) in [6.45, 7) is 1.77. The van der Waals surface area contributed by atoms with Gasteiger partial charge in [0.1, 0.15) is 17.7 Å². The Morgan fingerprint density at radius 1 is 1.16 bits per heavy atom. The van der Waals surface area contributed by atoms with Gasteiger partial charge in [0.2, 0.25) is 0 Å². The second-order valence-electron chi connectivity index (χ2n) is 5.45. The highest BCUT2D eigenvalue weighted by atomic mass is 19.1. The van der Waals surface area contributed by atoms with Crippen LogP contribution in [0.1, 0.15) is 44.1 Å². The minimum absolute atomic E-state index is 0.171. The third kappa shape index (κ3) is 3.93. The van der Waals surface area contributed by atoms with E-state index in [9.17, 15) is 4.39 Å². The van der Waals surface area contributed by atoms with Crippen LogP contribution in [0, 0.1) is 12.7 Å². The van der Waals surface area contributed by atoms with Gasteiger partial charge in [0.15, 0.2) is 0 Å². The predicted molar refractivity (Wildman–Crippen MR) is 76.1 cm³/mol. The summed E-state index contributed by atoms with van der Waals surface area (Å²) >= 11 is 0. The number of halogens is 1. The van der Waals surface area contributed by atoms with E-state index in [1.807, 2.05) is 7.05 Å². The smallest absolute Gasteiger partial charge is 0.126 e. The Bertz CT molecular complexity index is 408. The molecular weight excluding hydrogens is 241 g/mol. The predicted octanol–water partition coefficient (Wildman–Crippen LogP) is 3.82. The van der Waals surface area contributed by atoms with Crippen LogP contribution in [0.3, 0.4) is 0 Å². The average molecular weight is 265 g/mol. The molecule has 2 unspecified atom stereocenters. The monoisotopic (exact) mass is 265 g/mol. The number of hydrogen-bond donors (Lipinski definition) is 1. The van der Waals surface area contributed by atoms with Gasteiger partial charge in [0.05, 0.1) is 0 Å². The topological polar surface area (TPSA) is 21.3 Å². The third-order valence-corrected chi connectivity index (χ3v) is 3.99. The van der Waals surface area contributed by atoms with Gasteiger partial charge in [-0.05, 0) is 57.0 Å². The molecule has 1 aliphatic carbocycles. The lowest BCUT2D eigenvalue weighted by molar-refractivity contribution is 0.131. The average Bonchev–Trinajstić information content (AvgIpc) is 2.37. The number of likely N-dealkylation sites (N-methyl/N-ethyl adjacent to an activating group) is 1. The van der Waals surface area contributed by atoms with Crippen LogP contribution in [0.5, 0.6) is 5.75 Å². The van der Waals surface area contributed by atoms with Crippen molar-refractivity contribution in [2.75, 3.05) is 7.05 Å². The molecule has 0 bridgehead atoms. The number of hydrogen-bond acceptors (Lipinski definition) is 2. The van der Waals surface area contributed by atoms with E-state index in [0.29, 0.717) is 11.6 Å². The number of ether oxygens (including phenoxy) is 1. The minimum Gasteiger partial charge on any atom is -0.489 e. The molecule has 0 aliphatic heterocycles. The SMILES string of the molecule is CNC1CCCCCCC1Oc1ccc(F)c(C)c1. The van der Waals surface area contributed by atoms with Crippen molar-refractivity contribution < 1.29 is 9.13 Å². The lowest BCUT2D eigenvalue weighted by atomic mass is 9.94. The van der Waals surface area contributed by atoms with Gasteiger partial charge in [-0.1, -0.05) is 19.3 Å². The Balaban J connectivity index is 2.06. The zero-order valence-electron chi connectivity index (χ0n) is 11.9. The van der Waals surface area contributed by atoms with E-state index in [1.54, 1.807) is 19.1 Å². The maximum absolute atomic E-state index is 13.3. The van der Waals surface area contributed by atoms with Crippen molar-refractivity contribution in [3.8, 4) is 5.75 Å².